The van der Waals surface area contributed by atoms with Crippen molar-refractivity contribution in [3.8, 4) is 6.07 Å². The monoisotopic (exact) mass is 258 g/mol. The van der Waals surface area contributed by atoms with Crippen LogP contribution in [0, 0.1) is 16.7 Å². The summed E-state index contributed by atoms with van der Waals surface area (Å²) in [4.78, 5) is 12.4. The van der Waals surface area contributed by atoms with Crippen molar-refractivity contribution in [3.63, 3.8) is 0 Å². The molecule has 18 heavy (non-hydrogen) atoms. The minimum atomic E-state index is -0.128. The molecule has 0 bridgehead atoms. The molecule has 0 radical (unpaired) electrons. The van der Waals surface area contributed by atoms with E-state index in [1.165, 1.54) is 12.0 Å². The number of amides is 1. The van der Waals surface area contributed by atoms with E-state index in [0.29, 0.717) is 5.75 Å². The summed E-state index contributed by atoms with van der Waals surface area (Å²) in [6.45, 7) is 0. The van der Waals surface area contributed by atoms with Gasteiger partial charge < -0.3 is 5.32 Å². The minimum absolute atomic E-state index is 0.0627. The van der Waals surface area contributed by atoms with Crippen molar-refractivity contribution in [2.45, 2.75) is 30.6 Å². The molecular formula is C14H14N2OS. The summed E-state index contributed by atoms with van der Waals surface area (Å²) in [5, 5.41) is 12.1. The molecule has 3 nitrogen and oxygen atoms in total. The third-order valence-electron chi connectivity index (χ3n) is 3.77. The van der Waals surface area contributed by atoms with E-state index in [1.54, 1.807) is 11.8 Å². The molecular weight excluding hydrogens is 244 g/mol. The van der Waals surface area contributed by atoms with Gasteiger partial charge in [-0.25, -0.2) is 0 Å². The number of anilines is 1. The molecule has 0 unspecified atom stereocenters. The van der Waals surface area contributed by atoms with Crippen molar-refractivity contribution in [2.24, 2.45) is 5.41 Å². The topological polar surface area (TPSA) is 52.9 Å². The Hall–Kier alpha value is -1.47. The second-order valence-corrected chi connectivity index (χ2v) is 6.11. The van der Waals surface area contributed by atoms with Crippen LogP contribution in [0.3, 0.4) is 0 Å². The van der Waals surface area contributed by atoms with E-state index in [0.717, 1.165) is 29.8 Å². The second-order valence-electron chi connectivity index (χ2n) is 5.09. The fourth-order valence-corrected chi connectivity index (χ4v) is 3.42. The smallest absolute Gasteiger partial charge is 0.234 e. The van der Waals surface area contributed by atoms with Crippen LogP contribution in [-0.2, 0) is 11.2 Å². The van der Waals surface area contributed by atoms with Gasteiger partial charge in [0, 0.05) is 4.90 Å². The lowest BCUT2D eigenvalue weighted by atomic mass is 9.66. The number of nitriles is 1. The number of nitrogens with zero attached hydrogens (tertiary/aromatic N) is 1. The Morgan fingerprint density at radius 1 is 1.44 bits per heavy atom. The second kappa shape index (κ2) is 4.33. The number of benzene rings is 1. The summed E-state index contributed by atoms with van der Waals surface area (Å²) in [7, 11) is 0. The first-order valence-electron chi connectivity index (χ1n) is 6.18. The quantitative estimate of drug-likeness (QED) is 0.887. The SMILES string of the molecule is N#CC1(Cc2ccc3c(c2)SCC(=O)N3)CCC1. The Morgan fingerprint density at radius 2 is 2.28 bits per heavy atom. The number of hydrogen-bond donors (Lipinski definition) is 1. The van der Waals surface area contributed by atoms with E-state index in [-0.39, 0.29) is 11.3 Å². The molecule has 1 aromatic rings. The largest absolute Gasteiger partial charge is 0.324 e. The van der Waals surface area contributed by atoms with Gasteiger partial charge in [-0.2, -0.15) is 5.26 Å². The average molecular weight is 258 g/mol. The average Bonchev–Trinajstić information content (AvgIpc) is 2.34. The molecule has 92 valence electrons. The molecule has 1 fully saturated rings. The van der Waals surface area contributed by atoms with Gasteiger partial charge in [-0.15, -0.1) is 11.8 Å². The number of nitrogens with one attached hydrogen (secondary N) is 1. The molecule has 2 aliphatic rings. The number of fused-ring (bicyclic) bond motifs is 1. The molecule has 1 saturated carbocycles. The fraction of sp³-hybridized carbons (Fsp3) is 0.429. The van der Waals surface area contributed by atoms with E-state index in [2.05, 4.69) is 17.5 Å². The molecule has 1 N–H and O–H groups in total. The van der Waals surface area contributed by atoms with Gasteiger partial charge in [-0.3, -0.25) is 4.79 Å². The summed E-state index contributed by atoms with van der Waals surface area (Å²) in [5.41, 5.74) is 1.98. The lowest BCUT2D eigenvalue weighted by Crippen LogP contribution is -2.30. The van der Waals surface area contributed by atoms with Crippen LogP contribution in [0.15, 0.2) is 23.1 Å². The van der Waals surface area contributed by atoms with Crippen LogP contribution < -0.4 is 5.32 Å². The molecule has 1 amide bonds. The molecule has 0 aromatic heterocycles. The van der Waals surface area contributed by atoms with Crippen molar-refractivity contribution in [3.05, 3.63) is 23.8 Å². The molecule has 1 aliphatic carbocycles. The highest BCUT2D eigenvalue weighted by Crippen LogP contribution is 2.44. The van der Waals surface area contributed by atoms with Gasteiger partial charge in [0.15, 0.2) is 0 Å². The fourth-order valence-electron chi connectivity index (χ4n) is 2.55. The maximum atomic E-state index is 11.3. The zero-order valence-electron chi connectivity index (χ0n) is 10.0. The molecule has 0 atom stereocenters. The number of carbonyl (C=O) groups excluding carboxylic acids is 1. The van der Waals surface area contributed by atoms with Gasteiger partial charge in [0.25, 0.3) is 0 Å². The number of carbonyl (C=O) groups is 1. The Morgan fingerprint density at radius 3 is 2.94 bits per heavy atom. The van der Waals surface area contributed by atoms with Crippen LogP contribution in [-0.4, -0.2) is 11.7 Å². The summed E-state index contributed by atoms with van der Waals surface area (Å²) in [6.07, 6.45) is 4.05. The van der Waals surface area contributed by atoms with Gasteiger partial charge in [-0.05, 0) is 37.0 Å². The van der Waals surface area contributed by atoms with Crippen molar-refractivity contribution in [2.75, 3.05) is 11.1 Å². The maximum Gasteiger partial charge on any atom is 0.234 e. The lowest BCUT2D eigenvalue weighted by molar-refractivity contribution is -0.113. The molecule has 3 rings (SSSR count). The normalized spacial score (nSPS) is 20.3. The first-order valence-corrected chi connectivity index (χ1v) is 7.16. The van der Waals surface area contributed by atoms with Crippen molar-refractivity contribution < 1.29 is 4.79 Å². The lowest BCUT2D eigenvalue weighted by Gasteiger charge is -2.35. The van der Waals surface area contributed by atoms with Gasteiger partial charge >= 0.3 is 0 Å². The third kappa shape index (κ3) is 1.99. The number of thioether (sulfide) groups is 1. The summed E-state index contributed by atoms with van der Waals surface area (Å²) < 4.78 is 0. The summed E-state index contributed by atoms with van der Waals surface area (Å²) in [5.74, 6) is 0.549. The van der Waals surface area contributed by atoms with E-state index in [1.807, 2.05) is 12.1 Å². The van der Waals surface area contributed by atoms with Crippen LogP contribution in [0.1, 0.15) is 24.8 Å². The molecule has 1 aromatic carbocycles. The van der Waals surface area contributed by atoms with Crippen LogP contribution in [0.4, 0.5) is 5.69 Å². The zero-order valence-corrected chi connectivity index (χ0v) is 10.8. The van der Waals surface area contributed by atoms with Crippen LogP contribution >= 0.6 is 11.8 Å². The highest BCUT2D eigenvalue weighted by Gasteiger charge is 2.37. The van der Waals surface area contributed by atoms with Crippen molar-refractivity contribution in [1.82, 2.24) is 0 Å². The van der Waals surface area contributed by atoms with Gasteiger partial charge in [0.2, 0.25) is 5.91 Å². The van der Waals surface area contributed by atoms with Crippen molar-refractivity contribution >= 4 is 23.4 Å². The van der Waals surface area contributed by atoms with Crippen molar-refractivity contribution in [1.29, 1.82) is 5.26 Å². The van der Waals surface area contributed by atoms with Gasteiger partial charge in [0.1, 0.15) is 0 Å². The predicted molar refractivity (Wildman–Crippen MR) is 71.4 cm³/mol. The van der Waals surface area contributed by atoms with Crippen LogP contribution in [0.2, 0.25) is 0 Å². The number of rotatable bonds is 2. The van der Waals surface area contributed by atoms with E-state index in [4.69, 9.17) is 0 Å². The molecule has 0 spiro atoms. The molecule has 1 aliphatic heterocycles. The van der Waals surface area contributed by atoms with Crippen LogP contribution in [0.25, 0.3) is 0 Å². The summed E-state index contributed by atoms with van der Waals surface area (Å²) in [6, 6.07) is 8.58. The Bertz CT molecular complexity index is 543. The van der Waals surface area contributed by atoms with E-state index >= 15 is 0 Å². The highest BCUT2D eigenvalue weighted by molar-refractivity contribution is 8.00. The Labute approximate surface area is 111 Å². The van der Waals surface area contributed by atoms with Gasteiger partial charge in [-0.1, -0.05) is 12.5 Å². The molecule has 4 heteroatoms. The van der Waals surface area contributed by atoms with E-state index < -0.39 is 0 Å². The van der Waals surface area contributed by atoms with Crippen LogP contribution in [0.5, 0.6) is 0 Å². The summed E-state index contributed by atoms with van der Waals surface area (Å²) >= 11 is 1.58. The minimum Gasteiger partial charge on any atom is -0.324 e. The standard InChI is InChI=1S/C14H14N2OS/c15-9-14(4-1-5-14)7-10-2-3-11-12(6-10)18-8-13(17)16-11/h2-3,6H,1,4-5,7-8H2,(H,16,17). The maximum absolute atomic E-state index is 11.3. The third-order valence-corrected chi connectivity index (χ3v) is 4.82. The first-order chi connectivity index (χ1) is 8.71. The van der Waals surface area contributed by atoms with E-state index in [9.17, 15) is 10.1 Å². The first kappa shape index (κ1) is 11.6. The number of hydrogen-bond acceptors (Lipinski definition) is 3. The predicted octanol–water partition coefficient (Wildman–Crippen LogP) is 2.97. The molecule has 0 saturated heterocycles. The highest BCUT2D eigenvalue weighted by atomic mass is 32.2. The Kier molecular flexibility index (Phi) is 2.79. The Balaban J connectivity index is 1.83. The molecule has 1 heterocycles. The van der Waals surface area contributed by atoms with Gasteiger partial charge in [0.05, 0.1) is 22.9 Å². The zero-order chi connectivity index (χ0) is 12.6.